The van der Waals surface area contributed by atoms with Crippen LogP contribution in [0.3, 0.4) is 0 Å². The third-order valence-corrected chi connectivity index (χ3v) is 6.63. The number of hydrogen-bond donors (Lipinski definition) is 1. The predicted molar refractivity (Wildman–Crippen MR) is 141 cm³/mol. The number of rotatable bonds is 6. The molecule has 2 aromatic heterocycles. The molecule has 11 heteroatoms. The summed E-state index contributed by atoms with van der Waals surface area (Å²) < 4.78 is 28.8. The van der Waals surface area contributed by atoms with Crippen molar-refractivity contribution in [2.75, 3.05) is 61.3 Å². The van der Waals surface area contributed by atoms with E-state index in [2.05, 4.69) is 32.0 Å². The fourth-order valence-corrected chi connectivity index (χ4v) is 4.67. The van der Waals surface area contributed by atoms with Crippen molar-refractivity contribution in [2.45, 2.75) is 19.8 Å². The Morgan fingerprint density at radius 2 is 1.61 bits per heavy atom. The molecule has 3 aromatic rings. The van der Waals surface area contributed by atoms with E-state index in [1.807, 2.05) is 24.1 Å². The quantitative estimate of drug-likeness (QED) is 0.535. The van der Waals surface area contributed by atoms with Crippen LogP contribution in [0.1, 0.15) is 24.1 Å². The van der Waals surface area contributed by atoms with Gasteiger partial charge in [0.15, 0.2) is 0 Å². The summed E-state index contributed by atoms with van der Waals surface area (Å²) in [4.78, 5) is 15.7. The largest absolute Gasteiger partial charge is 0.383 e. The van der Waals surface area contributed by atoms with Crippen LogP contribution in [0.4, 0.5) is 26.1 Å². The van der Waals surface area contributed by atoms with Crippen LogP contribution in [0.15, 0.2) is 36.5 Å². The minimum atomic E-state index is -0.544. The summed E-state index contributed by atoms with van der Waals surface area (Å²) in [6.07, 6.45) is 8.30. The van der Waals surface area contributed by atoms with E-state index in [1.54, 1.807) is 4.68 Å². The number of nitrogens with zero attached hydrogens (tertiary/aromatic N) is 7. The highest BCUT2D eigenvalue weighted by molar-refractivity contribution is 5.85. The topological polar surface area (TPSA) is 79.3 Å². The molecule has 5 rings (SSSR count). The number of aromatic nitrogens is 4. The first kappa shape index (κ1) is 25.8. The fourth-order valence-electron chi connectivity index (χ4n) is 4.67. The Kier molecular flexibility index (Phi) is 8.05. The van der Waals surface area contributed by atoms with Crippen molar-refractivity contribution >= 4 is 35.8 Å². The van der Waals surface area contributed by atoms with Gasteiger partial charge in [0.1, 0.15) is 23.3 Å². The zero-order valence-electron chi connectivity index (χ0n) is 20.3. The smallest absolute Gasteiger partial charge is 0.254 e. The van der Waals surface area contributed by atoms with Gasteiger partial charge in [-0.3, -0.25) is 4.90 Å². The first-order chi connectivity index (χ1) is 17.0. The second-order valence-corrected chi connectivity index (χ2v) is 9.06. The van der Waals surface area contributed by atoms with Crippen LogP contribution in [-0.4, -0.2) is 70.5 Å². The van der Waals surface area contributed by atoms with Crippen LogP contribution in [0.2, 0.25) is 0 Å². The molecule has 8 nitrogen and oxygen atoms in total. The summed E-state index contributed by atoms with van der Waals surface area (Å²) >= 11 is 0. The number of piperazine rings is 1. The lowest BCUT2D eigenvalue weighted by Crippen LogP contribution is -2.46. The van der Waals surface area contributed by atoms with Gasteiger partial charge < -0.3 is 15.5 Å². The monoisotopic (exact) mass is 516 g/mol. The molecule has 0 aliphatic carbocycles. The van der Waals surface area contributed by atoms with Gasteiger partial charge in [-0.2, -0.15) is 15.1 Å². The van der Waals surface area contributed by atoms with Crippen LogP contribution in [0.25, 0.3) is 12.0 Å². The van der Waals surface area contributed by atoms with Crippen molar-refractivity contribution in [3.8, 4) is 5.95 Å². The minimum absolute atomic E-state index is 0. The molecule has 4 heterocycles. The third-order valence-electron chi connectivity index (χ3n) is 6.63. The summed E-state index contributed by atoms with van der Waals surface area (Å²) in [5.41, 5.74) is 8.60. The van der Waals surface area contributed by atoms with E-state index in [0.717, 1.165) is 81.8 Å². The minimum Gasteiger partial charge on any atom is -0.383 e. The Morgan fingerprint density at radius 3 is 2.31 bits per heavy atom. The molecule has 1 aromatic carbocycles. The Hall–Kier alpha value is -3.24. The number of benzene rings is 1. The van der Waals surface area contributed by atoms with Crippen molar-refractivity contribution in [3.05, 3.63) is 59.4 Å². The lowest BCUT2D eigenvalue weighted by atomic mass is 10.2. The average Bonchev–Trinajstić information content (AvgIpc) is 3.49. The molecule has 0 amide bonds. The van der Waals surface area contributed by atoms with Gasteiger partial charge in [0.05, 0.1) is 11.9 Å². The molecule has 0 bridgehead atoms. The summed E-state index contributed by atoms with van der Waals surface area (Å²) in [6, 6.07) is 5.49. The lowest BCUT2D eigenvalue weighted by molar-refractivity contribution is 0.284. The highest BCUT2D eigenvalue weighted by atomic mass is 35.5. The molecule has 0 saturated carbocycles. The maximum Gasteiger partial charge on any atom is 0.254 e. The van der Waals surface area contributed by atoms with Crippen molar-refractivity contribution in [2.24, 2.45) is 0 Å². The predicted octanol–water partition coefficient (Wildman–Crippen LogP) is 3.69. The van der Waals surface area contributed by atoms with Gasteiger partial charge in [0.2, 0.25) is 0 Å². The van der Waals surface area contributed by atoms with Crippen molar-refractivity contribution < 1.29 is 8.78 Å². The number of anilines is 3. The van der Waals surface area contributed by atoms with Gasteiger partial charge in [-0.05, 0) is 31.9 Å². The van der Waals surface area contributed by atoms with Gasteiger partial charge in [-0.1, -0.05) is 12.2 Å². The molecule has 2 saturated heterocycles. The summed E-state index contributed by atoms with van der Waals surface area (Å²) in [7, 11) is 0. The number of nitrogen functional groups attached to an aromatic ring is 1. The highest BCUT2D eigenvalue weighted by Crippen LogP contribution is 2.22. The van der Waals surface area contributed by atoms with E-state index in [-0.39, 0.29) is 12.4 Å². The summed E-state index contributed by atoms with van der Waals surface area (Å²) in [6.45, 7) is 7.81. The van der Waals surface area contributed by atoms with E-state index in [1.165, 1.54) is 12.1 Å². The summed E-state index contributed by atoms with van der Waals surface area (Å²) in [5, 5.41) is 4.50. The maximum absolute atomic E-state index is 13.5. The zero-order valence-corrected chi connectivity index (χ0v) is 21.1. The average molecular weight is 517 g/mol. The summed E-state index contributed by atoms with van der Waals surface area (Å²) in [5.74, 6) is 0.671. The van der Waals surface area contributed by atoms with Crippen LogP contribution in [-0.2, 0) is 0 Å². The van der Waals surface area contributed by atoms with Crippen LogP contribution in [0, 0.1) is 18.6 Å². The van der Waals surface area contributed by atoms with E-state index in [4.69, 9.17) is 10.7 Å². The third kappa shape index (κ3) is 5.76. The molecule has 2 fully saturated rings. The molecule has 0 atom stereocenters. The first-order valence-electron chi connectivity index (χ1n) is 12.0. The van der Waals surface area contributed by atoms with Crippen molar-refractivity contribution in [3.63, 3.8) is 0 Å². The molecule has 0 unspecified atom stereocenters. The second-order valence-electron chi connectivity index (χ2n) is 9.06. The van der Waals surface area contributed by atoms with E-state index in [0.29, 0.717) is 17.5 Å². The van der Waals surface area contributed by atoms with Gasteiger partial charge in [-0.15, -0.1) is 12.4 Å². The van der Waals surface area contributed by atoms with Gasteiger partial charge in [0, 0.05) is 69.2 Å². The molecule has 2 N–H and O–H groups in total. The Morgan fingerprint density at radius 1 is 0.917 bits per heavy atom. The van der Waals surface area contributed by atoms with Crippen molar-refractivity contribution in [1.29, 1.82) is 0 Å². The van der Waals surface area contributed by atoms with E-state index < -0.39 is 11.6 Å². The van der Waals surface area contributed by atoms with Gasteiger partial charge in [0.25, 0.3) is 5.95 Å². The molecule has 36 heavy (non-hydrogen) atoms. The molecular weight excluding hydrogens is 486 g/mol. The molecular formula is C25H31ClF2N8. The van der Waals surface area contributed by atoms with Crippen molar-refractivity contribution in [1.82, 2.24) is 24.6 Å². The number of halogens is 3. The number of hydrogen-bond acceptors (Lipinski definition) is 7. The zero-order chi connectivity index (χ0) is 24.4. The molecule has 2 aliphatic heterocycles. The molecule has 192 valence electrons. The van der Waals surface area contributed by atoms with Gasteiger partial charge in [-0.25, -0.2) is 13.5 Å². The van der Waals surface area contributed by atoms with Crippen LogP contribution in [0.5, 0.6) is 0 Å². The fraction of sp³-hybridized carbons (Fsp3) is 0.400. The van der Waals surface area contributed by atoms with Crippen LogP contribution < -0.4 is 15.5 Å². The molecule has 0 radical (unpaired) electrons. The number of nitrogens with two attached hydrogens (primary N) is 1. The SMILES string of the molecule is Cc1c(C=CCN2CCN(c3cc(F)cc(F)c3)CC2)cnn1-c1nc(N)cc(N2CCCC2)n1.Cl. The van der Waals surface area contributed by atoms with E-state index >= 15 is 0 Å². The Balaban J connectivity index is 0.00000304. The first-order valence-corrected chi connectivity index (χ1v) is 12.0. The maximum atomic E-state index is 13.5. The molecule has 2 aliphatic rings. The highest BCUT2D eigenvalue weighted by Gasteiger charge is 2.19. The van der Waals surface area contributed by atoms with Crippen LogP contribution >= 0.6 is 12.4 Å². The Bertz CT molecular complexity index is 1200. The van der Waals surface area contributed by atoms with E-state index in [9.17, 15) is 8.78 Å². The lowest BCUT2D eigenvalue weighted by Gasteiger charge is -2.35. The Labute approximate surface area is 215 Å². The standard InChI is InChI=1S/C25H30F2N8.ClH/c1-18-19(17-29-35(18)25-30-23(28)16-24(31-25)34-7-2-3-8-34)5-4-6-32-9-11-33(12-10-32)22-14-20(26)13-21(27)15-22;/h4-5,13-17H,2-3,6-12H2,1H3,(H2,28,30,31);1H. The normalized spacial score (nSPS) is 16.6. The second kappa shape index (κ2) is 11.2. The van der Waals surface area contributed by atoms with Gasteiger partial charge >= 0.3 is 0 Å². The molecule has 0 spiro atoms.